The van der Waals surface area contributed by atoms with Crippen molar-refractivity contribution in [1.82, 2.24) is 0 Å². The molecule has 100 valence electrons. The van der Waals surface area contributed by atoms with Crippen molar-refractivity contribution in [2.45, 2.75) is 19.8 Å². The molecule has 19 heavy (non-hydrogen) atoms. The molecule has 0 fully saturated rings. The van der Waals surface area contributed by atoms with Crippen LogP contribution in [0.1, 0.15) is 18.9 Å². The van der Waals surface area contributed by atoms with Crippen LogP contribution in [0.3, 0.4) is 0 Å². The quantitative estimate of drug-likeness (QED) is 0.809. The number of fused-ring (bicyclic) bond motifs is 1. The molecule has 2 rings (SSSR count). The largest absolute Gasteiger partial charge is 0.397 e. The highest BCUT2D eigenvalue weighted by Crippen LogP contribution is 2.33. The number of aryl methyl sites for hydroxylation is 1. The molecule has 0 aromatic heterocycles. The SMILES string of the molecule is CC(C#N)CN(C)c1cc2c(cc1N)CCC(=O)N2. The van der Waals surface area contributed by atoms with E-state index in [4.69, 9.17) is 11.0 Å². The summed E-state index contributed by atoms with van der Waals surface area (Å²) in [5.74, 6) is -0.0358. The third-order valence-electron chi connectivity index (χ3n) is 3.33. The second kappa shape index (κ2) is 5.19. The minimum Gasteiger partial charge on any atom is -0.397 e. The Labute approximate surface area is 113 Å². The van der Waals surface area contributed by atoms with Crippen LogP contribution in [0.25, 0.3) is 0 Å². The van der Waals surface area contributed by atoms with Gasteiger partial charge in [-0.3, -0.25) is 4.79 Å². The highest BCUT2D eigenvalue weighted by molar-refractivity contribution is 5.95. The lowest BCUT2D eigenvalue weighted by Gasteiger charge is -2.25. The van der Waals surface area contributed by atoms with Crippen LogP contribution in [0.15, 0.2) is 12.1 Å². The minimum absolute atomic E-state index is 0.0382. The van der Waals surface area contributed by atoms with Gasteiger partial charge in [0.2, 0.25) is 5.91 Å². The highest BCUT2D eigenvalue weighted by atomic mass is 16.1. The number of nitrogens with one attached hydrogen (secondary N) is 1. The molecule has 0 radical (unpaired) electrons. The number of nitrogens with two attached hydrogens (primary N) is 1. The number of benzene rings is 1. The van der Waals surface area contributed by atoms with Crippen molar-refractivity contribution >= 4 is 23.0 Å². The number of nitriles is 1. The molecule has 0 aliphatic carbocycles. The maximum Gasteiger partial charge on any atom is 0.224 e. The zero-order valence-electron chi connectivity index (χ0n) is 11.2. The third kappa shape index (κ3) is 2.79. The molecule has 0 saturated heterocycles. The van der Waals surface area contributed by atoms with Crippen LogP contribution in [0, 0.1) is 17.2 Å². The van der Waals surface area contributed by atoms with E-state index < -0.39 is 0 Å². The van der Waals surface area contributed by atoms with E-state index in [9.17, 15) is 4.79 Å². The van der Waals surface area contributed by atoms with Gasteiger partial charge >= 0.3 is 0 Å². The molecule has 1 amide bonds. The van der Waals surface area contributed by atoms with Gasteiger partial charge in [-0.1, -0.05) is 0 Å². The Kier molecular flexibility index (Phi) is 3.61. The maximum atomic E-state index is 11.4. The van der Waals surface area contributed by atoms with Gasteiger partial charge in [0.1, 0.15) is 0 Å². The zero-order valence-corrected chi connectivity index (χ0v) is 11.2. The molecule has 1 aliphatic rings. The van der Waals surface area contributed by atoms with Gasteiger partial charge in [-0.25, -0.2) is 0 Å². The number of anilines is 3. The van der Waals surface area contributed by atoms with Crippen LogP contribution in [0.2, 0.25) is 0 Å². The molecule has 0 saturated carbocycles. The monoisotopic (exact) mass is 258 g/mol. The molecule has 1 unspecified atom stereocenters. The summed E-state index contributed by atoms with van der Waals surface area (Å²) in [7, 11) is 1.90. The first-order valence-electron chi connectivity index (χ1n) is 6.34. The number of hydrogen-bond donors (Lipinski definition) is 2. The van der Waals surface area contributed by atoms with E-state index in [1.165, 1.54) is 0 Å². The van der Waals surface area contributed by atoms with Crippen molar-refractivity contribution in [3.63, 3.8) is 0 Å². The van der Waals surface area contributed by atoms with Crippen molar-refractivity contribution in [2.75, 3.05) is 29.5 Å². The summed E-state index contributed by atoms with van der Waals surface area (Å²) in [5.41, 5.74) is 9.50. The van der Waals surface area contributed by atoms with E-state index in [1.807, 2.05) is 31.0 Å². The highest BCUT2D eigenvalue weighted by Gasteiger charge is 2.18. The van der Waals surface area contributed by atoms with Crippen molar-refractivity contribution in [2.24, 2.45) is 5.92 Å². The Balaban J connectivity index is 2.29. The van der Waals surface area contributed by atoms with Gasteiger partial charge in [0.05, 0.1) is 23.4 Å². The minimum atomic E-state index is -0.0741. The fraction of sp³-hybridized carbons (Fsp3) is 0.429. The van der Waals surface area contributed by atoms with E-state index >= 15 is 0 Å². The molecule has 1 aliphatic heterocycles. The Morgan fingerprint density at radius 3 is 2.95 bits per heavy atom. The first kappa shape index (κ1) is 13.2. The molecular formula is C14H18N4O. The summed E-state index contributed by atoms with van der Waals surface area (Å²) in [6.07, 6.45) is 1.23. The molecule has 5 nitrogen and oxygen atoms in total. The average molecular weight is 258 g/mol. The van der Waals surface area contributed by atoms with E-state index in [-0.39, 0.29) is 11.8 Å². The smallest absolute Gasteiger partial charge is 0.224 e. The Morgan fingerprint density at radius 2 is 2.26 bits per heavy atom. The van der Waals surface area contributed by atoms with Crippen molar-refractivity contribution in [3.05, 3.63) is 17.7 Å². The summed E-state index contributed by atoms with van der Waals surface area (Å²) in [6.45, 7) is 2.47. The van der Waals surface area contributed by atoms with Gasteiger partial charge in [0.15, 0.2) is 0 Å². The normalized spacial score (nSPS) is 15.1. The lowest BCUT2D eigenvalue weighted by Crippen LogP contribution is -2.25. The molecular weight excluding hydrogens is 240 g/mol. The van der Waals surface area contributed by atoms with Gasteiger partial charge in [-0.15, -0.1) is 0 Å². The fourth-order valence-corrected chi connectivity index (χ4v) is 2.32. The second-order valence-corrected chi connectivity index (χ2v) is 5.03. The number of nitrogens with zero attached hydrogens (tertiary/aromatic N) is 2. The van der Waals surface area contributed by atoms with Gasteiger partial charge in [0.25, 0.3) is 0 Å². The third-order valence-corrected chi connectivity index (χ3v) is 3.33. The van der Waals surface area contributed by atoms with Gasteiger partial charge < -0.3 is 16.0 Å². The zero-order chi connectivity index (χ0) is 14.0. The van der Waals surface area contributed by atoms with E-state index in [2.05, 4.69) is 11.4 Å². The van der Waals surface area contributed by atoms with Crippen LogP contribution in [-0.2, 0) is 11.2 Å². The van der Waals surface area contributed by atoms with Crippen LogP contribution in [-0.4, -0.2) is 19.5 Å². The average Bonchev–Trinajstić information content (AvgIpc) is 2.38. The molecule has 0 bridgehead atoms. The van der Waals surface area contributed by atoms with Crippen LogP contribution >= 0.6 is 0 Å². The Bertz CT molecular complexity index is 547. The van der Waals surface area contributed by atoms with Crippen molar-refractivity contribution < 1.29 is 4.79 Å². The lowest BCUT2D eigenvalue weighted by molar-refractivity contribution is -0.116. The molecule has 3 N–H and O–H groups in total. The topological polar surface area (TPSA) is 82.2 Å². The predicted molar refractivity (Wildman–Crippen MR) is 75.9 cm³/mol. The molecule has 1 heterocycles. The molecule has 1 aromatic carbocycles. The summed E-state index contributed by atoms with van der Waals surface area (Å²) < 4.78 is 0. The number of hydrogen-bond acceptors (Lipinski definition) is 4. The summed E-state index contributed by atoms with van der Waals surface area (Å²) in [5, 5.41) is 11.7. The molecule has 5 heteroatoms. The van der Waals surface area contributed by atoms with Crippen LogP contribution in [0.5, 0.6) is 0 Å². The molecule has 0 spiro atoms. The second-order valence-electron chi connectivity index (χ2n) is 5.03. The summed E-state index contributed by atoms with van der Waals surface area (Å²) in [4.78, 5) is 13.4. The number of nitrogen functional groups attached to an aromatic ring is 1. The molecule has 1 aromatic rings. The molecule has 1 atom stereocenters. The number of carbonyl (C=O) groups excluding carboxylic acids is 1. The van der Waals surface area contributed by atoms with Gasteiger partial charge in [-0.2, -0.15) is 5.26 Å². The Hall–Kier alpha value is -2.22. The first-order chi connectivity index (χ1) is 9.01. The Morgan fingerprint density at radius 1 is 1.53 bits per heavy atom. The van der Waals surface area contributed by atoms with Gasteiger partial charge in [0, 0.05) is 25.7 Å². The van der Waals surface area contributed by atoms with Crippen molar-refractivity contribution in [1.29, 1.82) is 5.26 Å². The van der Waals surface area contributed by atoms with E-state index in [0.717, 1.165) is 23.4 Å². The van der Waals surface area contributed by atoms with E-state index in [0.29, 0.717) is 18.7 Å². The number of carbonyl (C=O) groups is 1. The number of rotatable bonds is 3. The predicted octanol–water partition coefficient (Wildman–Crippen LogP) is 1.75. The summed E-state index contributed by atoms with van der Waals surface area (Å²) in [6, 6.07) is 6.01. The maximum absolute atomic E-state index is 11.4. The van der Waals surface area contributed by atoms with Crippen molar-refractivity contribution in [3.8, 4) is 6.07 Å². The first-order valence-corrected chi connectivity index (χ1v) is 6.34. The lowest BCUT2D eigenvalue weighted by atomic mass is 10.0. The van der Waals surface area contributed by atoms with Crippen LogP contribution < -0.4 is 16.0 Å². The van der Waals surface area contributed by atoms with E-state index in [1.54, 1.807) is 0 Å². The standard InChI is InChI=1S/C14H18N4O/c1-9(7-15)8-18(2)13-6-12-10(5-11(13)16)3-4-14(19)17-12/h5-6,9H,3-4,8,16H2,1-2H3,(H,17,19). The summed E-state index contributed by atoms with van der Waals surface area (Å²) >= 11 is 0. The van der Waals surface area contributed by atoms with Gasteiger partial charge in [-0.05, 0) is 31.0 Å². The van der Waals surface area contributed by atoms with Crippen LogP contribution in [0.4, 0.5) is 17.1 Å². The fourth-order valence-electron chi connectivity index (χ4n) is 2.32. The number of amides is 1.